The molecule has 0 bridgehead atoms. The van der Waals surface area contributed by atoms with Crippen LogP contribution in [-0.4, -0.2) is 31.3 Å². The smallest absolute Gasteiger partial charge is 0.128 e. The zero-order valence-electron chi connectivity index (χ0n) is 8.40. The Morgan fingerprint density at radius 3 is 2.64 bits per heavy atom. The molecule has 2 atom stereocenters. The molecule has 74 valence electrons. The first kappa shape index (κ1) is 9.44. The van der Waals surface area contributed by atoms with Gasteiger partial charge in [0.15, 0.2) is 0 Å². The second-order valence-corrected chi connectivity index (χ2v) is 3.91. The molecule has 0 amide bonds. The van der Waals surface area contributed by atoms with Crippen molar-refractivity contribution in [3.05, 3.63) is 42.0 Å². The molecule has 0 aliphatic carbocycles. The number of quaternary nitrogens is 1. The molecule has 0 aromatic heterocycles. The number of aliphatic hydroxyl groups is 1. The number of nitrogens with one attached hydrogen (secondary N) is 1. The average molecular weight is 190 g/mol. The van der Waals surface area contributed by atoms with Crippen LogP contribution in [0, 0.1) is 0 Å². The molecule has 2 nitrogen and oxygen atoms in total. The van der Waals surface area contributed by atoms with Crippen molar-refractivity contribution in [1.82, 2.24) is 0 Å². The van der Waals surface area contributed by atoms with Gasteiger partial charge >= 0.3 is 0 Å². The summed E-state index contributed by atoms with van der Waals surface area (Å²) in [5.41, 5.74) is 2.23. The fourth-order valence-electron chi connectivity index (χ4n) is 1.88. The molecule has 1 aromatic carbocycles. The third-order valence-corrected chi connectivity index (χ3v) is 2.68. The maximum Gasteiger partial charge on any atom is 0.128 e. The number of rotatable bonds is 1. The van der Waals surface area contributed by atoms with E-state index in [-0.39, 0.29) is 6.10 Å². The summed E-state index contributed by atoms with van der Waals surface area (Å²) in [6.07, 6.45) is 1.82. The van der Waals surface area contributed by atoms with E-state index < -0.39 is 0 Å². The minimum atomic E-state index is -0.314. The standard InChI is InChI=1S/C12H15NO/c1-13-8-7-11(12(14)9-13)10-5-3-2-4-6-10/h2-7,12,14H,8-9H2,1H3/p+1. The van der Waals surface area contributed by atoms with Crippen LogP contribution in [0.25, 0.3) is 5.57 Å². The van der Waals surface area contributed by atoms with Gasteiger partial charge in [-0.15, -0.1) is 0 Å². The Hall–Kier alpha value is -1.12. The predicted octanol–water partition coefficient (Wildman–Crippen LogP) is -0.0408. The van der Waals surface area contributed by atoms with Gasteiger partial charge in [0.25, 0.3) is 0 Å². The maximum absolute atomic E-state index is 9.90. The van der Waals surface area contributed by atoms with Crippen LogP contribution in [-0.2, 0) is 0 Å². The minimum Gasteiger partial charge on any atom is -0.382 e. The molecule has 2 rings (SSSR count). The normalized spacial score (nSPS) is 27.1. The molecule has 0 fully saturated rings. The molecule has 2 unspecified atom stereocenters. The molecule has 2 heteroatoms. The van der Waals surface area contributed by atoms with Crippen molar-refractivity contribution in [2.75, 3.05) is 20.1 Å². The van der Waals surface area contributed by atoms with Gasteiger partial charge in [-0.05, 0) is 17.2 Å². The molecule has 0 saturated heterocycles. The largest absolute Gasteiger partial charge is 0.382 e. The van der Waals surface area contributed by atoms with E-state index in [9.17, 15) is 5.11 Å². The highest BCUT2D eigenvalue weighted by Gasteiger charge is 2.21. The van der Waals surface area contributed by atoms with Crippen LogP contribution in [0.2, 0.25) is 0 Å². The summed E-state index contributed by atoms with van der Waals surface area (Å²) < 4.78 is 0. The number of aliphatic hydroxyl groups excluding tert-OH is 1. The number of hydrogen-bond donors (Lipinski definition) is 2. The van der Waals surface area contributed by atoms with Gasteiger partial charge in [0.2, 0.25) is 0 Å². The van der Waals surface area contributed by atoms with Crippen molar-refractivity contribution >= 4 is 5.57 Å². The Bertz CT molecular complexity index is 331. The third kappa shape index (κ3) is 1.86. The molecule has 0 saturated carbocycles. The SMILES string of the molecule is C[NH+]1CC=C(c2ccccc2)C(O)C1. The molecule has 0 spiro atoms. The number of likely N-dealkylation sites (N-methyl/N-ethyl adjacent to an activating group) is 1. The zero-order chi connectivity index (χ0) is 9.97. The van der Waals surface area contributed by atoms with Gasteiger partial charge < -0.3 is 10.0 Å². The average Bonchev–Trinajstić information content (AvgIpc) is 2.19. The summed E-state index contributed by atoms with van der Waals surface area (Å²) in [6.45, 7) is 1.81. The van der Waals surface area contributed by atoms with Crippen molar-refractivity contribution in [1.29, 1.82) is 0 Å². The van der Waals surface area contributed by atoms with Gasteiger partial charge in [-0.1, -0.05) is 30.3 Å². The van der Waals surface area contributed by atoms with Gasteiger partial charge in [0.05, 0.1) is 13.6 Å². The van der Waals surface area contributed by atoms with E-state index in [4.69, 9.17) is 0 Å². The zero-order valence-corrected chi connectivity index (χ0v) is 8.40. The van der Waals surface area contributed by atoms with Gasteiger partial charge in [-0.2, -0.15) is 0 Å². The summed E-state index contributed by atoms with van der Waals surface area (Å²) in [4.78, 5) is 1.36. The Kier molecular flexibility index (Phi) is 2.66. The second kappa shape index (κ2) is 3.95. The van der Waals surface area contributed by atoms with Crippen molar-refractivity contribution in [3.8, 4) is 0 Å². The quantitative estimate of drug-likeness (QED) is 0.638. The van der Waals surface area contributed by atoms with Crippen molar-refractivity contribution in [2.24, 2.45) is 0 Å². The van der Waals surface area contributed by atoms with Crippen molar-refractivity contribution in [3.63, 3.8) is 0 Å². The molecule has 14 heavy (non-hydrogen) atoms. The number of benzene rings is 1. The summed E-state index contributed by atoms with van der Waals surface area (Å²) in [5, 5.41) is 9.90. The fraction of sp³-hybridized carbons (Fsp3) is 0.333. The minimum absolute atomic E-state index is 0.314. The monoisotopic (exact) mass is 190 g/mol. The summed E-state index contributed by atoms with van der Waals surface area (Å²) in [7, 11) is 2.10. The first-order chi connectivity index (χ1) is 6.77. The lowest BCUT2D eigenvalue weighted by Crippen LogP contribution is -3.10. The number of hydrogen-bond acceptors (Lipinski definition) is 1. The molecular weight excluding hydrogens is 174 g/mol. The molecule has 1 heterocycles. The highest BCUT2D eigenvalue weighted by molar-refractivity contribution is 5.69. The van der Waals surface area contributed by atoms with Crippen LogP contribution in [0.4, 0.5) is 0 Å². The summed E-state index contributed by atoms with van der Waals surface area (Å²) in [6, 6.07) is 10.1. The van der Waals surface area contributed by atoms with Gasteiger partial charge in [0, 0.05) is 0 Å². The molecule has 1 aliphatic rings. The maximum atomic E-state index is 9.90. The first-order valence-corrected chi connectivity index (χ1v) is 5.02. The van der Waals surface area contributed by atoms with E-state index in [0.717, 1.165) is 24.2 Å². The highest BCUT2D eigenvalue weighted by atomic mass is 16.3. The molecule has 2 N–H and O–H groups in total. The third-order valence-electron chi connectivity index (χ3n) is 2.68. The van der Waals surface area contributed by atoms with E-state index in [1.807, 2.05) is 18.2 Å². The van der Waals surface area contributed by atoms with Gasteiger partial charge in [-0.3, -0.25) is 0 Å². The molecule has 0 radical (unpaired) electrons. The lowest BCUT2D eigenvalue weighted by Gasteiger charge is -2.24. The van der Waals surface area contributed by atoms with Crippen LogP contribution in [0.3, 0.4) is 0 Å². The fourth-order valence-corrected chi connectivity index (χ4v) is 1.88. The Balaban J connectivity index is 2.27. The Morgan fingerprint density at radius 2 is 2.00 bits per heavy atom. The van der Waals surface area contributed by atoms with Crippen LogP contribution in [0.5, 0.6) is 0 Å². The first-order valence-electron chi connectivity index (χ1n) is 5.02. The van der Waals surface area contributed by atoms with Crippen molar-refractivity contribution in [2.45, 2.75) is 6.10 Å². The van der Waals surface area contributed by atoms with Crippen LogP contribution in [0.15, 0.2) is 36.4 Å². The predicted molar refractivity (Wildman–Crippen MR) is 57.0 cm³/mol. The lowest BCUT2D eigenvalue weighted by molar-refractivity contribution is -0.877. The van der Waals surface area contributed by atoms with Gasteiger partial charge in [-0.25, -0.2) is 0 Å². The van der Waals surface area contributed by atoms with E-state index in [2.05, 4.69) is 25.3 Å². The van der Waals surface area contributed by atoms with Crippen LogP contribution < -0.4 is 4.90 Å². The second-order valence-electron chi connectivity index (χ2n) is 3.91. The van der Waals surface area contributed by atoms with E-state index in [1.165, 1.54) is 4.90 Å². The summed E-state index contributed by atoms with van der Waals surface area (Å²) >= 11 is 0. The van der Waals surface area contributed by atoms with E-state index >= 15 is 0 Å². The lowest BCUT2D eigenvalue weighted by atomic mass is 9.97. The topological polar surface area (TPSA) is 24.7 Å². The van der Waals surface area contributed by atoms with Crippen LogP contribution >= 0.6 is 0 Å². The molecule has 1 aliphatic heterocycles. The van der Waals surface area contributed by atoms with Crippen molar-refractivity contribution < 1.29 is 10.0 Å². The van der Waals surface area contributed by atoms with Crippen LogP contribution in [0.1, 0.15) is 5.56 Å². The van der Waals surface area contributed by atoms with Gasteiger partial charge in [0.1, 0.15) is 12.6 Å². The Morgan fingerprint density at radius 1 is 1.29 bits per heavy atom. The van der Waals surface area contributed by atoms with E-state index in [1.54, 1.807) is 0 Å². The van der Waals surface area contributed by atoms with E-state index in [0.29, 0.717) is 0 Å². The molecular formula is C12H16NO+. The molecule has 1 aromatic rings. The summed E-state index contributed by atoms with van der Waals surface area (Å²) in [5.74, 6) is 0. The Labute approximate surface area is 84.5 Å². The highest BCUT2D eigenvalue weighted by Crippen LogP contribution is 2.18.